The van der Waals surface area contributed by atoms with E-state index < -0.39 is 6.09 Å². The van der Waals surface area contributed by atoms with Crippen molar-refractivity contribution in [2.45, 2.75) is 90.4 Å². The second-order valence-corrected chi connectivity index (χ2v) is 6.09. The van der Waals surface area contributed by atoms with Crippen LogP contribution in [0.5, 0.6) is 0 Å². The van der Waals surface area contributed by atoms with Gasteiger partial charge in [-0.3, -0.25) is 4.79 Å². The predicted octanol–water partition coefficient (Wildman–Crippen LogP) is 4.89. The van der Waals surface area contributed by atoms with Gasteiger partial charge in [-0.15, -0.1) is 0 Å². The highest BCUT2D eigenvalue weighted by Gasteiger charge is 2.02. The zero-order valence-electron chi connectivity index (χ0n) is 14.8. The van der Waals surface area contributed by atoms with E-state index in [1.54, 1.807) is 0 Å². The summed E-state index contributed by atoms with van der Waals surface area (Å²) in [7, 11) is 0. The normalized spacial score (nSPS) is 10.5. The van der Waals surface area contributed by atoms with E-state index in [1.807, 2.05) is 0 Å². The van der Waals surface area contributed by atoms with E-state index in [-0.39, 0.29) is 5.97 Å². The van der Waals surface area contributed by atoms with Gasteiger partial charge >= 0.3 is 12.1 Å². The lowest BCUT2D eigenvalue weighted by atomic mass is 10.1. The average Bonchev–Trinajstić information content (AvgIpc) is 2.52. The fourth-order valence-electron chi connectivity index (χ4n) is 2.44. The summed E-state index contributed by atoms with van der Waals surface area (Å²) in [6.45, 7) is 3.22. The van der Waals surface area contributed by atoms with E-state index in [4.69, 9.17) is 9.84 Å². The molecule has 0 spiro atoms. The van der Waals surface area contributed by atoms with E-state index in [2.05, 4.69) is 12.2 Å². The van der Waals surface area contributed by atoms with Crippen LogP contribution >= 0.6 is 0 Å². The molecule has 0 saturated carbocycles. The van der Waals surface area contributed by atoms with Crippen molar-refractivity contribution in [3.8, 4) is 0 Å². The zero-order valence-corrected chi connectivity index (χ0v) is 14.8. The number of unbranched alkanes of at least 4 members (excludes halogenated alkanes) is 10. The predicted molar refractivity (Wildman–Crippen MR) is 92.7 cm³/mol. The van der Waals surface area contributed by atoms with Crippen molar-refractivity contribution in [2.24, 2.45) is 0 Å². The lowest BCUT2D eigenvalue weighted by molar-refractivity contribution is -0.143. The molecule has 0 unspecified atom stereocenters. The van der Waals surface area contributed by atoms with Crippen LogP contribution in [0.3, 0.4) is 0 Å². The Morgan fingerprint density at radius 2 is 1.39 bits per heavy atom. The molecule has 2 N–H and O–H groups in total. The number of carbonyl (C=O) groups excluding carboxylic acids is 1. The maximum absolute atomic E-state index is 11.5. The first-order valence-corrected chi connectivity index (χ1v) is 9.29. The molecule has 0 heterocycles. The van der Waals surface area contributed by atoms with Crippen LogP contribution in [0.2, 0.25) is 0 Å². The second-order valence-electron chi connectivity index (χ2n) is 6.09. The molecule has 0 aliphatic carbocycles. The lowest BCUT2D eigenvalue weighted by Gasteiger charge is -2.05. The summed E-state index contributed by atoms with van der Waals surface area (Å²) >= 11 is 0. The van der Waals surface area contributed by atoms with Crippen molar-refractivity contribution in [3.05, 3.63) is 0 Å². The van der Waals surface area contributed by atoms with Crippen LogP contribution in [-0.2, 0) is 9.53 Å². The summed E-state index contributed by atoms with van der Waals surface area (Å²) in [5.74, 6) is -0.129. The molecule has 0 bridgehead atoms. The van der Waals surface area contributed by atoms with E-state index in [9.17, 15) is 9.59 Å². The Morgan fingerprint density at radius 3 is 2.00 bits per heavy atom. The van der Waals surface area contributed by atoms with Crippen molar-refractivity contribution >= 4 is 12.1 Å². The van der Waals surface area contributed by atoms with Gasteiger partial charge in [0.1, 0.15) is 0 Å². The van der Waals surface area contributed by atoms with Crippen molar-refractivity contribution in [1.29, 1.82) is 0 Å². The summed E-state index contributed by atoms with van der Waals surface area (Å²) < 4.78 is 5.20. The molecule has 0 saturated heterocycles. The summed E-state index contributed by atoms with van der Waals surface area (Å²) in [6, 6.07) is 0. The van der Waals surface area contributed by atoms with Crippen LogP contribution < -0.4 is 5.32 Å². The molecule has 0 aromatic rings. The van der Waals surface area contributed by atoms with Crippen LogP contribution in [-0.4, -0.2) is 30.3 Å². The number of hydrogen-bond donors (Lipinski definition) is 2. The number of ether oxygens (including phenoxy) is 1. The van der Waals surface area contributed by atoms with Gasteiger partial charge in [0.25, 0.3) is 0 Å². The van der Waals surface area contributed by atoms with Crippen LogP contribution in [0.15, 0.2) is 0 Å². The SMILES string of the molecule is CCCCCCCCCCCOC(=O)CCCCCNC(=O)O. The highest BCUT2D eigenvalue weighted by molar-refractivity contribution is 5.69. The Bertz CT molecular complexity index is 295. The Morgan fingerprint density at radius 1 is 0.826 bits per heavy atom. The van der Waals surface area contributed by atoms with E-state index >= 15 is 0 Å². The molecular weight excluding hydrogens is 294 g/mol. The third-order valence-electron chi connectivity index (χ3n) is 3.84. The highest BCUT2D eigenvalue weighted by atomic mass is 16.5. The standard InChI is InChI=1S/C18H35NO4/c1-2-3-4-5-6-7-8-9-13-16-23-17(20)14-11-10-12-15-19-18(21)22/h19H,2-16H2,1H3,(H,21,22). The topological polar surface area (TPSA) is 75.6 Å². The number of carbonyl (C=O) groups is 2. The Kier molecular flexibility index (Phi) is 16.2. The molecule has 1 amide bonds. The quantitative estimate of drug-likeness (QED) is 0.312. The van der Waals surface area contributed by atoms with Crippen LogP contribution in [0.1, 0.15) is 90.4 Å². The van der Waals surface area contributed by atoms with Crippen molar-refractivity contribution in [2.75, 3.05) is 13.2 Å². The molecule has 0 fully saturated rings. The molecule has 0 aliphatic heterocycles. The van der Waals surface area contributed by atoms with Crippen LogP contribution in [0.25, 0.3) is 0 Å². The van der Waals surface area contributed by atoms with Gasteiger partial charge in [-0.2, -0.15) is 0 Å². The molecule has 0 aromatic heterocycles. The van der Waals surface area contributed by atoms with Gasteiger partial charge in [-0.05, 0) is 19.3 Å². The fourth-order valence-corrected chi connectivity index (χ4v) is 2.44. The Balaban J connectivity index is 3.17. The average molecular weight is 329 g/mol. The van der Waals surface area contributed by atoms with Crippen molar-refractivity contribution in [1.82, 2.24) is 5.32 Å². The lowest BCUT2D eigenvalue weighted by Crippen LogP contribution is -2.21. The van der Waals surface area contributed by atoms with E-state index in [0.29, 0.717) is 19.6 Å². The molecule has 5 nitrogen and oxygen atoms in total. The molecule has 5 heteroatoms. The third-order valence-corrected chi connectivity index (χ3v) is 3.84. The van der Waals surface area contributed by atoms with E-state index in [0.717, 1.165) is 32.1 Å². The largest absolute Gasteiger partial charge is 0.466 e. The monoisotopic (exact) mass is 329 g/mol. The highest BCUT2D eigenvalue weighted by Crippen LogP contribution is 2.09. The number of hydrogen-bond acceptors (Lipinski definition) is 3. The molecule has 0 radical (unpaired) electrons. The summed E-state index contributed by atoms with van der Waals surface area (Å²) in [4.78, 5) is 21.7. The van der Waals surface area contributed by atoms with Gasteiger partial charge in [-0.25, -0.2) is 4.79 Å². The van der Waals surface area contributed by atoms with Gasteiger partial charge in [-0.1, -0.05) is 64.7 Å². The number of rotatable bonds is 16. The smallest absolute Gasteiger partial charge is 0.404 e. The molecule has 136 valence electrons. The molecule has 0 rings (SSSR count). The first kappa shape index (κ1) is 21.7. The maximum atomic E-state index is 11.5. The zero-order chi connectivity index (χ0) is 17.2. The second kappa shape index (κ2) is 17.1. The van der Waals surface area contributed by atoms with Gasteiger partial charge < -0.3 is 15.2 Å². The number of esters is 1. The molecule has 0 aliphatic rings. The molecule has 0 atom stereocenters. The van der Waals surface area contributed by atoms with Gasteiger partial charge in [0, 0.05) is 13.0 Å². The third kappa shape index (κ3) is 18.7. The van der Waals surface area contributed by atoms with E-state index in [1.165, 1.54) is 44.9 Å². The minimum atomic E-state index is -0.995. The number of nitrogens with one attached hydrogen (secondary N) is 1. The van der Waals surface area contributed by atoms with Crippen LogP contribution in [0, 0.1) is 0 Å². The minimum Gasteiger partial charge on any atom is -0.466 e. The maximum Gasteiger partial charge on any atom is 0.404 e. The molecular formula is C18H35NO4. The Hall–Kier alpha value is -1.26. The fraction of sp³-hybridized carbons (Fsp3) is 0.889. The summed E-state index contributed by atoms with van der Waals surface area (Å²) in [5, 5.41) is 10.7. The van der Waals surface area contributed by atoms with Crippen molar-refractivity contribution in [3.63, 3.8) is 0 Å². The van der Waals surface area contributed by atoms with Gasteiger partial charge in [0.15, 0.2) is 0 Å². The minimum absolute atomic E-state index is 0.129. The Labute approximate surface area is 141 Å². The van der Waals surface area contributed by atoms with Gasteiger partial charge in [0.2, 0.25) is 0 Å². The summed E-state index contributed by atoms with van der Waals surface area (Å²) in [5.41, 5.74) is 0. The summed E-state index contributed by atoms with van der Waals surface area (Å²) in [6.07, 6.45) is 13.1. The molecule has 0 aromatic carbocycles. The van der Waals surface area contributed by atoms with Gasteiger partial charge in [0.05, 0.1) is 6.61 Å². The molecule has 23 heavy (non-hydrogen) atoms. The number of carboxylic acid groups (broad SMARTS) is 1. The number of amides is 1. The van der Waals surface area contributed by atoms with Crippen molar-refractivity contribution < 1.29 is 19.4 Å². The first-order chi connectivity index (χ1) is 11.2. The van der Waals surface area contributed by atoms with Crippen LogP contribution in [0.4, 0.5) is 4.79 Å². The first-order valence-electron chi connectivity index (χ1n) is 9.29.